The first-order valence-electron chi connectivity index (χ1n) is 44.2. The first-order chi connectivity index (χ1) is 65.5. The summed E-state index contributed by atoms with van der Waals surface area (Å²) < 4.78 is 20.0. The van der Waals surface area contributed by atoms with E-state index in [2.05, 4.69) is 458 Å². The van der Waals surface area contributed by atoms with E-state index in [-0.39, 0.29) is 42.9 Å². The summed E-state index contributed by atoms with van der Waals surface area (Å²) >= 11 is 6.70. The fourth-order valence-electron chi connectivity index (χ4n) is 15.0. The second kappa shape index (κ2) is 63.5. The zero-order chi connectivity index (χ0) is 97.4. The van der Waals surface area contributed by atoms with E-state index in [1.165, 1.54) is 112 Å². The average Bonchev–Trinajstić information content (AvgIpc) is 0.791. The number of esters is 4. The molecule has 0 aliphatic carbocycles. The quantitative estimate of drug-likeness (QED) is 0.0132. The van der Waals surface area contributed by atoms with Gasteiger partial charge in [-0.2, -0.15) is 0 Å². The molecule has 0 atom stereocenters. The molecule has 0 fully saturated rings. The van der Waals surface area contributed by atoms with Gasteiger partial charge in [0.05, 0.1) is 28.4 Å². The number of allylic oxidation sites excluding steroid dienone is 1. The van der Waals surface area contributed by atoms with Crippen LogP contribution in [-0.2, 0) is 81.0 Å². The van der Waals surface area contributed by atoms with Crippen molar-refractivity contribution < 1.29 is 79.1 Å². The monoisotopic (exact) mass is 2130 g/mol. The first-order valence-corrected chi connectivity index (χ1v) is 51.2. The van der Waals surface area contributed by atoms with Gasteiger partial charge in [-0.15, -0.1) is 6.58 Å². The Morgan fingerprint density at radius 2 is 0.442 bits per heavy atom. The number of rotatable bonds is 25. The molecule has 714 valence electrons. The largest absolute Gasteiger partial charge is 0.468 e. The number of benzene rings is 15. The van der Waals surface area contributed by atoms with Crippen LogP contribution in [0, 0.1) is 20.8 Å². The summed E-state index contributed by atoms with van der Waals surface area (Å²) in [5, 5.41) is 16.8. The van der Waals surface area contributed by atoms with Gasteiger partial charge in [0.1, 0.15) is 17.5 Å². The SMILES string of the molecule is C=CC.C=Cc1cc(C)cc(C=C)c1C(C(=O)OC)C(=O)OC.CCc1cc(C)cc(CC)c1C(C(C)=O)C(C)=O.COC(=O)C(C(=O)OC)c1c(Br)cc(C)cc1Br.O.O.[Pd].c1ccc(P(c2ccccc2)c2ccccc2)cc1.c1ccc(P(c2ccccc2)c2ccccc2)cc1.c1ccc(P(c2ccccc2)c2ccccc2)cc1.c1ccc(P(c2ccccc2)c2ccccc2)cc1. The number of ketones is 2. The number of methoxy groups -OCH3 is 4. The van der Waals surface area contributed by atoms with Gasteiger partial charge in [0.25, 0.3) is 0 Å². The summed E-state index contributed by atoms with van der Waals surface area (Å²) in [5.74, 6) is -5.63. The van der Waals surface area contributed by atoms with E-state index in [9.17, 15) is 28.8 Å². The molecule has 0 saturated heterocycles. The van der Waals surface area contributed by atoms with E-state index in [0.717, 1.165) is 40.7 Å². The molecule has 12 nitrogen and oxygen atoms in total. The molecule has 0 spiro atoms. The molecule has 0 unspecified atom stereocenters. The third-order valence-corrected chi connectivity index (χ3v) is 32.0. The van der Waals surface area contributed by atoms with Crippen LogP contribution in [0.25, 0.3) is 12.2 Å². The zero-order valence-corrected chi connectivity index (χ0v) is 88.4. The van der Waals surface area contributed by atoms with E-state index in [1.54, 1.807) is 18.2 Å². The number of Topliss-reactive ketones (excluding diaryl/α,β-unsaturated/α-hetero) is 2. The van der Waals surface area contributed by atoms with Crippen LogP contribution in [-0.4, -0.2) is 74.8 Å². The van der Waals surface area contributed by atoms with E-state index >= 15 is 0 Å². The maximum atomic E-state index is 11.9. The summed E-state index contributed by atoms with van der Waals surface area (Å²) in [5.41, 5.74) is 8.73. The van der Waals surface area contributed by atoms with Gasteiger partial charge in [-0.1, -0.05) is 471 Å². The number of hydrogen-bond donors (Lipinski definition) is 0. The van der Waals surface area contributed by atoms with Crippen molar-refractivity contribution in [2.45, 2.75) is 86.0 Å². The second-order valence-electron chi connectivity index (χ2n) is 30.5. The molecule has 0 saturated carbocycles. The normalized spacial score (nSPS) is 10.1. The van der Waals surface area contributed by atoms with Crippen molar-refractivity contribution in [1.29, 1.82) is 0 Å². The summed E-state index contributed by atoms with van der Waals surface area (Å²) in [6, 6.07) is 141. The smallest absolute Gasteiger partial charge is 0.324 e. The minimum atomic E-state index is -1.15. The maximum absolute atomic E-state index is 11.9. The fraction of sp³-hybridized carbons (Fsp3) is 0.143. The number of hydrogen-bond acceptors (Lipinski definition) is 10. The van der Waals surface area contributed by atoms with Crippen molar-refractivity contribution in [2.75, 3.05) is 28.4 Å². The summed E-state index contributed by atoms with van der Waals surface area (Å²) in [6.07, 6.45) is 6.63. The number of aryl methyl sites for hydroxylation is 5. The van der Waals surface area contributed by atoms with Crippen molar-refractivity contribution in [1.82, 2.24) is 0 Å². The van der Waals surface area contributed by atoms with Gasteiger partial charge in [-0.25, -0.2) is 0 Å². The molecule has 0 aliphatic rings. The van der Waals surface area contributed by atoms with Crippen molar-refractivity contribution in [2.24, 2.45) is 0 Å². The Kier molecular flexibility index (Phi) is 53.6. The average molecular weight is 2130 g/mol. The number of halogens is 2. The Bertz CT molecular complexity index is 5220. The summed E-state index contributed by atoms with van der Waals surface area (Å²) in [4.78, 5) is 70.9. The molecule has 0 heterocycles. The molecular formula is C119H122Br2O12P4Pd. The van der Waals surface area contributed by atoms with Crippen LogP contribution >= 0.6 is 63.5 Å². The van der Waals surface area contributed by atoms with Gasteiger partial charge in [0.15, 0.2) is 11.8 Å². The van der Waals surface area contributed by atoms with Gasteiger partial charge in [0.2, 0.25) is 0 Å². The van der Waals surface area contributed by atoms with Gasteiger partial charge < -0.3 is 29.9 Å². The van der Waals surface area contributed by atoms with Crippen LogP contribution < -0.4 is 63.7 Å². The number of carbonyl (C=O) groups is 6. The maximum Gasteiger partial charge on any atom is 0.324 e. The molecule has 0 radical (unpaired) electrons. The third-order valence-electron chi connectivity index (χ3n) is 20.9. The predicted molar refractivity (Wildman–Crippen MR) is 589 cm³/mol. The van der Waals surface area contributed by atoms with E-state index < -0.39 is 73.3 Å². The Morgan fingerprint density at radius 1 is 0.283 bits per heavy atom. The van der Waals surface area contributed by atoms with Gasteiger partial charge in [-0.05, 0) is 206 Å². The Hall–Kier alpha value is -12.0. The summed E-state index contributed by atoms with van der Waals surface area (Å²) in [7, 11) is 3.14. The Balaban J connectivity index is 0.000000282. The molecule has 138 heavy (non-hydrogen) atoms. The molecule has 15 rings (SSSR count). The fourth-order valence-corrected chi connectivity index (χ4v) is 26.1. The molecular weight excluding hydrogens is 2010 g/mol. The van der Waals surface area contributed by atoms with Crippen molar-refractivity contribution in [3.05, 3.63) is 491 Å². The zero-order valence-electron chi connectivity index (χ0n) is 80.0. The first kappa shape index (κ1) is 116. The van der Waals surface area contributed by atoms with Crippen LogP contribution in [0.5, 0.6) is 0 Å². The molecule has 0 bridgehead atoms. The van der Waals surface area contributed by atoms with Crippen LogP contribution in [0.4, 0.5) is 0 Å². The minimum Gasteiger partial charge on any atom is -0.468 e. The standard InChI is InChI=1S/4C18H15P.C16H18O4.C16H22O2.C12H12Br2O4.C3H6.2H2O.Pd/c4*1-4-10-16(11-5-1)19(17-12-6-2-7-13-17)18-14-8-3-9-15-18;1-6-11-8-10(3)9-12(7-2)13(11)14(15(17)19-4)16(18)20-5;1-6-13-8-10(3)9-14(7-2)16(13)15(11(4)17)12(5)18;1-6-4-7(13)9(8(14)5-6)10(11(15)17-2)12(16)18-3;1-3-2;;;/h4*1-15H;6-9,14H,1-2H2,3-5H3;8-9,15H,6-7H2,1-5H3;4-5,10H,1-3H3;3H,1H2,2H3;2*1H2;. The Labute approximate surface area is 852 Å². The van der Waals surface area contributed by atoms with Crippen molar-refractivity contribution in [3.63, 3.8) is 0 Å². The van der Waals surface area contributed by atoms with Crippen LogP contribution in [0.2, 0.25) is 0 Å². The topological polar surface area (TPSA) is 202 Å². The van der Waals surface area contributed by atoms with Crippen LogP contribution in [0.15, 0.2) is 435 Å². The molecule has 19 heteroatoms. The van der Waals surface area contributed by atoms with E-state index in [4.69, 9.17) is 9.47 Å². The molecule has 15 aromatic carbocycles. The van der Waals surface area contributed by atoms with Gasteiger partial charge >= 0.3 is 23.9 Å². The van der Waals surface area contributed by atoms with Crippen molar-refractivity contribution >= 4 is 175 Å². The summed E-state index contributed by atoms with van der Waals surface area (Å²) in [6.45, 7) is 25.7. The third kappa shape index (κ3) is 34.9. The van der Waals surface area contributed by atoms with Gasteiger partial charge in [0, 0.05) is 34.9 Å². The number of ether oxygens (including phenoxy) is 4. The minimum absolute atomic E-state index is 0. The molecule has 0 amide bonds. The number of carbonyl (C=O) groups excluding carboxylic acids is 6. The molecule has 0 aromatic heterocycles. The van der Waals surface area contributed by atoms with Gasteiger partial charge in [-0.3, -0.25) is 28.8 Å². The molecule has 4 N–H and O–H groups in total. The van der Waals surface area contributed by atoms with Crippen LogP contribution in [0.1, 0.15) is 108 Å². The molecule has 15 aromatic rings. The van der Waals surface area contributed by atoms with E-state index in [0.29, 0.717) is 31.2 Å². The molecule has 0 aliphatic heterocycles. The van der Waals surface area contributed by atoms with Crippen LogP contribution in [0.3, 0.4) is 0 Å². The van der Waals surface area contributed by atoms with E-state index in [1.807, 2.05) is 45.0 Å². The second-order valence-corrected chi connectivity index (χ2v) is 41.1. The predicted octanol–water partition coefficient (Wildman–Crippen LogP) is 22.4. The van der Waals surface area contributed by atoms with Crippen molar-refractivity contribution in [3.8, 4) is 0 Å². The Morgan fingerprint density at radius 3 is 0.594 bits per heavy atom.